The van der Waals surface area contributed by atoms with Crippen LogP contribution in [0.2, 0.25) is 5.02 Å². The number of nitrogen functional groups attached to an aromatic ring is 1. The zero-order valence-corrected chi connectivity index (χ0v) is 8.73. The molecule has 66 valence electrons. The third-order valence-corrected chi connectivity index (χ3v) is 1.91. The van der Waals surface area contributed by atoms with E-state index in [-0.39, 0.29) is 0 Å². The molecule has 0 spiro atoms. The largest absolute Gasteiger partial charge is 0.491 e. The molecular weight excluding hydrogens is 241 g/mol. The Balaban J connectivity index is 2.72. The molecule has 0 aliphatic rings. The van der Waals surface area contributed by atoms with E-state index in [1.54, 1.807) is 18.2 Å². The van der Waals surface area contributed by atoms with E-state index in [2.05, 4.69) is 15.9 Å². The normalized spacial score (nSPS) is 9.83. The Labute approximate surface area is 84.8 Å². The summed E-state index contributed by atoms with van der Waals surface area (Å²) in [6.07, 6.45) is 0. The smallest absolute Gasteiger partial charge is 0.138 e. The van der Waals surface area contributed by atoms with Crippen LogP contribution in [0.4, 0.5) is 5.69 Å². The van der Waals surface area contributed by atoms with E-state index in [1.165, 1.54) is 0 Å². The van der Waals surface area contributed by atoms with Crippen LogP contribution in [0.3, 0.4) is 0 Å². The van der Waals surface area contributed by atoms with Gasteiger partial charge in [-0.2, -0.15) is 0 Å². The molecule has 0 saturated carbocycles. The minimum atomic E-state index is 0.552. The molecule has 4 heteroatoms. The van der Waals surface area contributed by atoms with Crippen LogP contribution in [0.5, 0.6) is 5.75 Å². The van der Waals surface area contributed by atoms with Crippen LogP contribution in [-0.4, -0.2) is 11.9 Å². The summed E-state index contributed by atoms with van der Waals surface area (Å²) in [5.74, 6) is 0.672. The minimum Gasteiger partial charge on any atom is -0.491 e. The molecule has 0 bridgehead atoms. The maximum absolute atomic E-state index is 5.84. The average Bonchev–Trinajstić information content (AvgIpc) is 2.03. The summed E-state index contributed by atoms with van der Waals surface area (Å²) < 4.78 is 5.31. The van der Waals surface area contributed by atoms with Crippen LogP contribution in [0.1, 0.15) is 0 Å². The lowest BCUT2D eigenvalue weighted by atomic mass is 10.3. The van der Waals surface area contributed by atoms with Crippen molar-refractivity contribution in [1.82, 2.24) is 0 Å². The van der Waals surface area contributed by atoms with Gasteiger partial charge in [-0.05, 0) is 18.2 Å². The third-order valence-electron chi connectivity index (χ3n) is 1.29. The van der Waals surface area contributed by atoms with Crippen molar-refractivity contribution in [1.29, 1.82) is 0 Å². The number of halogens is 2. The summed E-state index contributed by atoms with van der Waals surface area (Å²) in [6.45, 7) is 0.601. The second-order valence-corrected chi connectivity index (χ2v) is 3.43. The van der Waals surface area contributed by atoms with Gasteiger partial charge in [0, 0.05) is 11.0 Å². The number of hydrogen-bond acceptors (Lipinski definition) is 2. The lowest BCUT2D eigenvalue weighted by molar-refractivity contribution is 0.345. The van der Waals surface area contributed by atoms with E-state index >= 15 is 0 Å². The van der Waals surface area contributed by atoms with Crippen LogP contribution >= 0.6 is 27.5 Å². The van der Waals surface area contributed by atoms with Crippen LogP contribution in [0.15, 0.2) is 18.2 Å². The highest BCUT2D eigenvalue weighted by atomic mass is 79.9. The Morgan fingerprint density at radius 2 is 2.25 bits per heavy atom. The molecular formula is C8H9BrClNO. The molecule has 0 unspecified atom stereocenters. The molecule has 0 saturated heterocycles. The summed E-state index contributed by atoms with van der Waals surface area (Å²) in [5.41, 5.74) is 6.15. The standard InChI is InChI=1S/C8H9BrClNO/c9-3-4-12-8-2-1-6(11)5-7(8)10/h1-2,5H,3-4,11H2. The van der Waals surface area contributed by atoms with Crippen LogP contribution < -0.4 is 10.5 Å². The number of anilines is 1. The van der Waals surface area contributed by atoms with E-state index in [9.17, 15) is 0 Å². The van der Waals surface area contributed by atoms with Gasteiger partial charge in [-0.15, -0.1) is 0 Å². The average molecular weight is 251 g/mol. The van der Waals surface area contributed by atoms with E-state index in [4.69, 9.17) is 22.1 Å². The molecule has 1 rings (SSSR count). The number of benzene rings is 1. The van der Waals surface area contributed by atoms with Crippen molar-refractivity contribution in [2.75, 3.05) is 17.7 Å². The predicted octanol–water partition coefficient (Wildman–Crippen LogP) is 2.70. The summed E-state index contributed by atoms with van der Waals surface area (Å²) in [4.78, 5) is 0. The van der Waals surface area contributed by atoms with Gasteiger partial charge in [-0.1, -0.05) is 27.5 Å². The molecule has 0 fully saturated rings. The van der Waals surface area contributed by atoms with Crippen molar-refractivity contribution in [3.63, 3.8) is 0 Å². The summed E-state index contributed by atoms with van der Waals surface area (Å²) in [7, 11) is 0. The van der Waals surface area contributed by atoms with Crippen LogP contribution in [0.25, 0.3) is 0 Å². The lowest BCUT2D eigenvalue weighted by Gasteiger charge is -2.05. The summed E-state index contributed by atoms with van der Waals surface area (Å²) in [6, 6.07) is 5.20. The van der Waals surface area contributed by atoms with Gasteiger partial charge in [0.15, 0.2) is 0 Å². The SMILES string of the molecule is Nc1ccc(OCCBr)c(Cl)c1. The Morgan fingerprint density at radius 1 is 1.50 bits per heavy atom. The Morgan fingerprint density at radius 3 is 2.83 bits per heavy atom. The molecule has 0 heterocycles. The highest BCUT2D eigenvalue weighted by molar-refractivity contribution is 9.09. The van der Waals surface area contributed by atoms with Gasteiger partial charge in [0.05, 0.1) is 11.6 Å². The number of alkyl halides is 1. The van der Waals surface area contributed by atoms with Gasteiger partial charge in [0.25, 0.3) is 0 Å². The topological polar surface area (TPSA) is 35.2 Å². The van der Waals surface area contributed by atoms with Crippen molar-refractivity contribution in [2.24, 2.45) is 0 Å². The van der Waals surface area contributed by atoms with E-state index in [0.29, 0.717) is 23.1 Å². The molecule has 0 atom stereocenters. The monoisotopic (exact) mass is 249 g/mol. The fraction of sp³-hybridized carbons (Fsp3) is 0.250. The highest BCUT2D eigenvalue weighted by Gasteiger charge is 2.00. The molecule has 0 radical (unpaired) electrons. The fourth-order valence-electron chi connectivity index (χ4n) is 0.783. The maximum Gasteiger partial charge on any atom is 0.138 e. The zero-order valence-electron chi connectivity index (χ0n) is 6.39. The lowest BCUT2D eigenvalue weighted by Crippen LogP contribution is -1.98. The quantitative estimate of drug-likeness (QED) is 0.661. The van der Waals surface area contributed by atoms with Crippen molar-refractivity contribution in [3.05, 3.63) is 23.2 Å². The Kier molecular flexibility index (Phi) is 3.69. The third kappa shape index (κ3) is 2.57. The second kappa shape index (κ2) is 4.58. The van der Waals surface area contributed by atoms with Gasteiger partial charge >= 0.3 is 0 Å². The second-order valence-electron chi connectivity index (χ2n) is 2.23. The van der Waals surface area contributed by atoms with Crippen molar-refractivity contribution in [2.45, 2.75) is 0 Å². The molecule has 0 aliphatic heterocycles. The molecule has 1 aromatic carbocycles. The first-order valence-electron chi connectivity index (χ1n) is 3.48. The first-order valence-corrected chi connectivity index (χ1v) is 4.98. The maximum atomic E-state index is 5.84. The number of nitrogens with two attached hydrogens (primary N) is 1. The number of hydrogen-bond donors (Lipinski definition) is 1. The van der Waals surface area contributed by atoms with Crippen LogP contribution in [-0.2, 0) is 0 Å². The number of rotatable bonds is 3. The van der Waals surface area contributed by atoms with Crippen molar-refractivity contribution < 1.29 is 4.74 Å². The summed E-state index contributed by atoms with van der Waals surface area (Å²) in [5, 5.41) is 1.34. The Bertz CT molecular complexity index is 267. The van der Waals surface area contributed by atoms with Crippen LogP contribution in [0, 0.1) is 0 Å². The van der Waals surface area contributed by atoms with E-state index in [0.717, 1.165) is 5.33 Å². The fourth-order valence-corrected chi connectivity index (χ4v) is 1.19. The first-order chi connectivity index (χ1) is 5.74. The molecule has 0 aliphatic carbocycles. The number of ether oxygens (including phenoxy) is 1. The molecule has 0 aromatic heterocycles. The van der Waals surface area contributed by atoms with Gasteiger partial charge in [-0.25, -0.2) is 0 Å². The summed E-state index contributed by atoms with van der Waals surface area (Å²) >= 11 is 9.10. The minimum absolute atomic E-state index is 0.552. The molecule has 1 aromatic rings. The first kappa shape index (κ1) is 9.68. The predicted molar refractivity (Wildman–Crippen MR) is 55.2 cm³/mol. The van der Waals surface area contributed by atoms with Gasteiger partial charge in [-0.3, -0.25) is 0 Å². The van der Waals surface area contributed by atoms with Crippen molar-refractivity contribution in [3.8, 4) is 5.75 Å². The Hall–Kier alpha value is -0.410. The molecule has 2 nitrogen and oxygen atoms in total. The zero-order chi connectivity index (χ0) is 8.97. The molecule has 2 N–H and O–H groups in total. The van der Waals surface area contributed by atoms with E-state index in [1.807, 2.05) is 0 Å². The van der Waals surface area contributed by atoms with Gasteiger partial charge in [0.2, 0.25) is 0 Å². The van der Waals surface area contributed by atoms with Gasteiger partial charge in [0.1, 0.15) is 5.75 Å². The molecule has 12 heavy (non-hydrogen) atoms. The highest BCUT2D eigenvalue weighted by Crippen LogP contribution is 2.26. The van der Waals surface area contributed by atoms with E-state index < -0.39 is 0 Å². The van der Waals surface area contributed by atoms with Crippen molar-refractivity contribution >= 4 is 33.2 Å². The molecule has 0 amide bonds. The van der Waals surface area contributed by atoms with Gasteiger partial charge < -0.3 is 10.5 Å².